The fourth-order valence-corrected chi connectivity index (χ4v) is 9.69. The van der Waals surface area contributed by atoms with Gasteiger partial charge in [-0.05, 0) is 102 Å². The zero-order valence-electron chi connectivity index (χ0n) is 30.5. The number of amides is 2. The van der Waals surface area contributed by atoms with E-state index in [-0.39, 0.29) is 40.5 Å². The van der Waals surface area contributed by atoms with Crippen LogP contribution in [-0.4, -0.2) is 62.6 Å². The van der Waals surface area contributed by atoms with E-state index in [4.69, 9.17) is 14.7 Å². The molecule has 3 aliphatic carbocycles. The molecule has 4 fully saturated rings. The van der Waals surface area contributed by atoms with Crippen LogP contribution in [0.3, 0.4) is 0 Å². The number of imidazole rings is 2. The van der Waals surface area contributed by atoms with Gasteiger partial charge in [-0.25, -0.2) is 14.8 Å². The Morgan fingerprint density at radius 3 is 2.35 bits per heavy atom. The minimum atomic E-state index is -3.20. The number of alkyl halides is 2. The first-order valence-electron chi connectivity index (χ1n) is 19.1. The topological polar surface area (TPSA) is 128 Å². The Morgan fingerprint density at radius 2 is 1.67 bits per heavy atom. The standard InChI is InChI=1S/C42H43F2N7O3/c1-21(2)35(50-40(53)54-3)39(52)51-20-41(12-13-41)18-34(51)37-45-19-33(49-37)24-6-10-28-27-9-5-22(15-29(27)42(43,44)30(28)16-24)23-7-11-31-32(17-23)48-38(47-31)36-25-4-8-26(14-25)46-36/h5-7,9-11,15-17,19,21,25-26,34-36,46H,4,8,12-14,18,20H2,1-3H3,(H,45,49)(H,47,48)(H,50,53)/t25-,26+,34?,35-,36?/m0/s1. The summed E-state index contributed by atoms with van der Waals surface area (Å²) in [6, 6.07) is 16.2. The Hall–Kier alpha value is -5.10. The van der Waals surface area contributed by atoms with E-state index in [9.17, 15) is 9.59 Å². The molecule has 3 aromatic carbocycles. The highest BCUT2D eigenvalue weighted by Crippen LogP contribution is 2.59. The van der Waals surface area contributed by atoms with Crippen molar-refractivity contribution < 1.29 is 23.1 Å². The predicted molar refractivity (Wildman–Crippen MR) is 199 cm³/mol. The van der Waals surface area contributed by atoms with Gasteiger partial charge < -0.3 is 30.2 Å². The Labute approximate surface area is 311 Å². The smallest absolute Gasteiger partial charge is 0.407 e. The largest absolute Gasteiger partial charge is 0.453 e. The maximum Gasteiger partial charge on any atom is 0.407 e. The van der Waals surface area contributed by atoms with Crippen LogP contribution in [0.25, 0.3) is 44.5 Å². The van der Waals surface area contributed by atoms with E-state index in [1.54, 1.807) is 30.5 Å². The van der Waals surface area contributed by atoms with Gasteiger partial charge >= 0.3 is 6.09 Å². The van der Waals surface area contributed by atoms with E-state index >= 15 is 8.78 Å². The van der Waals surface area contributed by atoms with E-state index in [1.807, 2.05) is 49.1 Å². The van der Waals surface area contributed by atoms with Crippen molar-refractivity contribution in [2.45, 2.75) is 82.5 Å². The number of nitrogens with zero attached hydrogens (tertiary/aromatic N) is 3. The van der Waals surface area contributed by atoms with Gasteiger partial charge in [0.1, 0.15) is 17.7 Å². The lowest BCUT2D eigenvalue weighted by Gasteiger charge is -2.30. The Bertz CT molecular complexity index is 2340. The number of alkyl carbamates (subject to hydrolysis) is 1. The van der Waals surface area contributed by atoms with E-state index in [0.717, 1.165) is 47.2 Å². The summed E-state index contributed by atoms with van der Waals surface area (Å²) in [6.45, 7) is 4.35. The van der Waals surface area contributed by atoms with Crippen LogP contribution < -0.4 is 10.6 Å². The summed E-state index contributed by atoms with van der Waals surface area (Å²) in [4.78, 5) is 44.3. The zero-order chi connectivity index (χ0) is 37.1. The molecule has 5 aromatic rings. The number of carbonyl (C=O) groups is 2. The van der Waals surface area contributed by atoms with Gasteiger partial charge in [0, 0.05) is 29.3 Å². The number of rotatable bonds is 7. The average molecular weight is 732 g/mol. The molecule has 5 aliphatic rings. The van der Waals surface area contributed by atoms with Crippen molar-refractivity contribution >= 4 is 23.0 Å². The first-order chi connectivity index (χ1) is 26.0. The molecule has 278 valence electrons. The number of hydrogen-bond acceptors (Lipinski definition) is 6. The average Bonchev–Trinajstić information content (AvgIpc) is 3.83. The molecule has 2 aliphatic heterocycles. The van der Waals surface area contributed by atoms with Gasteiger partial charge in [-0.1, -0.05) is 44.2 Å². The minimum Gasteiger partial charge on any atom is -0.453 e. The van der Waals surface area contributed by atoms with E-state index in [0.29, 0.717) is 46.7 Å². The van der Waals surface area contributed by atoms with Crippen LogP contribution >= 0.6 is 0 Å². The second-order valence-electron chi connectivity index (χ2n) is 16.6. The van der Waals surface area contributed by atoms with Gasteiger partial charge in [0.25, 0.3) is 5.92 Å². The number of fused-ring (bicyclic) bond motifs is 6. The molecule has 2 amide bonds. The molecule has 2 aromatic heterocycles. The molecular weight excluding hydrogens is 689 g/mol. The summed E-state index contributed by atoms with van der Waals surface area (Å²) in [5.41, 5.74) is 5.58. The molecular formula is C42H43F2N7O3. The number of likely N-dealkylation sites (tertiary alicyclic amines) is 1. The fourth-order valence-electron chi connectivity index (χ4n) is 9.69. The molecule has 1 spiro atoms. The number of H-pyrrole nitrogens is 2. The summed E-state index contributed by atoms with van der Waals surface area (Å²) in [5.74, 6) is -1.37. The molecule has 4 N–H and O–H groups in total. The molecule has 2 saturated heterocycles. The van der Waals surface area contributed by atoms with E-state index in [1.165, 1.54) is 26.4 Å². The number of carbonyl (C=O) groups excluding carboxylic acids is 2. The van der Waals surface area contributed by atoms with Gasteiger partial charge in [0.05, 0.1) is 42.1 Å². The molecule has 2 saturated carbocycles. The summed E-state index contributed by atoms with van der Waals surface area (Å²) in [6.07, 6.45) is 7.46. The number of benzene rings is 3. The van der Waals surface area contributed by atoms with Crippen molar-refractivity contribution in [1.29, 1.82) is 0 Å². The third kappa shape index (κ3) is 5.27. The van der Waals surface area contributed by atoms with Crippen LogP contribution in [0.1, 0.15) is 87.2 Å². The van der Waals surface area contributed by atoms with Crippen LogP contribution in [0.5, 0.6) is 0 Å². The zero-order valence-corrected chi connectivity index (χ0v) is 30.5. The maximum atomic E-state index is 16.4. The summed E-state index contributed by atoms with van der Waals surface area (Å²) < 4.78 is 37.7. The lowest BCUT2D eigenvalue weighted by molar-refractivity contribution is -0.135. The second kappa shape index (κ2) is 11.9. The van der Waals surface area contributed by atoms with Crippen LogP contribution in [-0.2, 0) is 15.5 Å². The molecule has 5 atom stereocenters. The van der Waals surface area contributed by atoms with Gasteiger partial charge in [0.2, 0.25) is 5.91 Å². The first kappa shape index (κ1) is 33.5. The number of ether oxygens (including phenoxy) is 1. The molecule has 4 heterocycles. The molecule has 2 unspecified atom stereocenters. The highest BCUT2D eigenvalue weighted by Gasteiger charge is 2.55. The Morgan fingerprint density at radius 1 is 0.944 bits per heavy atom. The Kier molecular flexibility index (Phi) is 7.41. The van der Waals surface area contributed by atoms with Gasteiger partial charge in [0.15, 0.2) is 0 Å². The minimum absolute atomic E-state index is 0.0101. The van der Waals surface area contributed by atoms with Crippen LogP contribution in [0.15, 0.2) is 60.8 Å². The summed E-state index contributed by atoms with van der Waals surface area (Å²) in [7, 11) is 1.28. The lowest BCUT2D eigenvalue weighted by atomic mass is 9.98. The quantitative estimate of drug-likeness (QED) is 0.134. The number of aromatic amines is 2. The van der Waals surface area contributed by atoms with Crippen LogP contribution in [0.2, 0.25) is 0 Å². The van der Waals surface area contributed by atoms with Crippen molar-refractivity contribution in [1.82, 2.24) is 35.5 Å². The highest BCUT2D eigenvalue weighted by atomic mass is 19.3. The van der Waals surface area contributed by atoms with Gasteiger partial charge in [-0.2, -0.15) is 8.78 Å². The number of aromatic nitrogens is 4. The first-order valence-corrected chi connectivity index (χ1v) is 19.1. The van der Waals surface area contributed by atoms with Crippen molar-refractivity contribution in [3.8, 4) is 33.5 Å². The number of methoxy groups -OCH3 is 1. The molecule has 54 heavy (non-hydrogen) atoms. The number of piperidine rings is 1. The monoisotopic (exact) mass is 731 g/mol. The van der Waals surface area contributed by atoms with Gasteiger partial charge in [-0.15, -0.1) is 0 Å². The second-order valence-corrected chi connectivity index (χ2v) is 16.6. The fraction of sp³-hybridized carbons (Fsp3) is 0.429. The van der Waals surface area contributed by atoms with E-state index < -0.39 is 18.1 Å². The van der Waals surface area contributed by atoms with Crippen LogP contribution in [0.4, 0.5) is 13.6 Å². The lowest BCUT2D eigenvalue weighted by Crippen LogP contribution is -2.51. The number of halogens is 2. The van der Waals surface area contributed by atoms with Crippen molar-refractivity contribution in [2.75, 3.05) is 13.7 Å². The summed E-state index contributed by atoms with van der Waals surface area (Å²) in [5, 5.41) is 6.41. The van der Waals surface area contributed by atoms with Gasteiger partial charge in [-0.3, -0.25) is 4.79 Å². The number of hydrogen-bond donors (Lipinski definition) is 4. The molecule has 2 bridgehead atoms. The maximum absolute atomic E-state index is 16.4. The highest BCUT2D eigenvalue weighted by molar-refractivity contribution is 5.88. The number of nitrogens with one attached hydrogen (secondary N) is 4. The van der Waals surface area contributed by atoms with E-state index in [2.05, 4.69) is 20.6 Å². The molecule has 12 heteroatoms. The third-order valence-corrected chi connectivity index (χ3v) is 12.9. The summed E-state index contributed by atoms with van der Waals surface area (Å²) >= 11 is 0. The predicted octanol–water partition coefficient (Wildman–Crippen LogP) is 7.99. The normalized spacial score (nSPS) is 24.7. The van der Waals surface area contributed by atoms with Crippen molar-refractivity contribution in [2.24, 2.45) is 17.3 Å². The molecule has 10 nitrogen and oxygen atoms in total. The van der Waals surface area contributed by atoms with Crippen LogP contribution in [0, 0.1) is 17.3 Å². The SMILES string of the molecule is COC(=O)N[C@H](C(=O)N1CC2(CC2)CC1c1ncc(-c2ccc3c(c2)C(F)(F)c2cc(-c4ccc5nc(C6N[C@@H]7CC[C@H]6C7)[nH]c5c4)ccc2-3)[nH]1)C(C)C. The molecule has 10 rings (SSSR count). The van der Waals surface area contributed by atoms with Crippen molar-refractivity contribution in [3.05, 3.63) is 83.6 Å². The van der Waals surface area contributed by atoms with Crippen molar-refractivity contribution in [3.63, 3.8) is 0 Å². The molecule has 0 radical (unpaired) electrons. The Balaban J connectivity index is 0.914. The third-order valence-electron chi connectivity index (χ3n) is 12.9.